The fourth-order valence-corrected chi connectivity index (χ4v) is 3.85. The van der Waals surface area contributed by atoms with Gasteiger partial charge in [0.2, 0.25) is 0 Å². The summed E-state index contributed by atoms with van der Waals surface area (Å²) < 4.78 is 5.43. The molecule has 1 aliphatic carbocycles. The predicted octanol–water partition coefficient (Wildman–Crippen LogP) is 2.31. The molecule has 2 aliphatic rings. The number of morpholine rings is 1. The fraction of sp³-hybridized carbons (Fsp3) is 0.600. The third-order valence-electron chi connectivity index (χ3n) is 5.50. The number of carboxylic acid groups (broad SMARTS) is 1. The Kier molecular flexibility index (Phi) is 6.55. The zero-order valence-corrected chi connectivity index (χ0v) is 15.9. The van der Waals surface area contributed by atoms with E-state index in [9.17, 15) is 9.59 Å². The molecule has 27 heavy (non-hydrogen) atoms. The lowest BCUT2D eigenvalue weighted by Crippen LogP contribution is -2.45. The van der Waals surface area contributed by atoms with Gasteiger partial charge in [-0.15, -0.1) is 0 Å². The van der Waals surface area contributed by atoms with Gasteiger partial charge in [0.15, 0.2) is 0 Å². The molecule has 0 aromatic heterocycles. The molecule has 0 unspecified atom stereocenters. The van der Waals surface area contributed by atoms with Crippen LogP contribution in [0.3, 0.4) is 0 Å². The topological polar surface area (TPSA) is 82.1 Å². The van der Waals surface area contributed by atoms with Gasteiger partial charge >= 0.3 is 12.0 Å². The van der Waals surface area contributed by atoms with Gasteiger partial charge in [0.1, 0.15) is 0 Å². The van der Waals surface area contributed by atoms with E-state index in [-0.39, 0.29) is 18.0 Å². The number of ether oxygens (including phenoxy) is 1. The Balaban J connectivity index is 1.55. The number of rotatable bonds is 5. The molecule has 1 aromatic rings. The van der Waals surface area contributed by atoms with Crippen LogP contribution in [0.15, 0.2) is 24.3 Å². The van der Waals surface area contributed by atoms with Crippen LogP contribution in [0.25, 0.3) is 0 Å². The number of urea groups is 1. The Hall–Kier alpha value is -2.28. The molecule has 0 bridgehead atoms. The summed E-state index contributed by atoms with van der Waals surface area (Å²) in [5, 5.41) is 12.1. The molecule has 0 radical (unpaired) electrons. The van der Waals surface area contributed by atoms with E-state index in [2.05, 4.69) is 22.3 Å². The number of hydrogen-bond donors (Lipinski definition) is 2. The third-order valence-corrected chi connectivity index (χ3v) is 5.50. The molecule has 1 aromatic carbocycles. The zero-order chi connectivity index (χ0) is 19.2. The van der Waals surface area contributed by atoms with Crippen LogP contribution in [-0.2, 0) is 16.1 Å². The van der Waals surface area contributed by atoms with Gasteiger partial charge in [-0.2, -0.15) is 0 Å². The van der Waals surface area contributed by atoms with E-state index in [0.29, 0.717) is 19.4 Å². The lowest BCUT2D eigenvalue weighted by Gasteiger charge is -2.32. The molecule has 3 rings (SSSR count). The van der Waals surface area contributed by atoms with Gasteiger partial charge in [-0.05, 0) is 37.3 Å². The average Bonchev–Trinajstić information content (AvgIpc) is 2.69. The lowest BCUT2D eigenvalue weighted by molar-refractivity contribution is -0.142. The molecule has 1 saturated heterocycles. The molecule has 0 atom stereocenters. The number of carbonyl (C=O) groups is 2. The molecule has 1 heterocycles. The van der Waals surface area contributed by atoms with Gasteiger partial charge in [-0.3, -0.25) is 4.79 Å². The van der Waals surface area contributed by atoms with Crippen molar-refractivity contribution in [1.29, 1.82) is 0 Å². The maximum absolute atomic E-state index is 12.6. The van der Waals surface area contributed by atoms with Gasteiger partial charge in [0.05, 0.1) is 19.1 Å². The van der Waals surface area contributed by atoms with Crippen LogP contribution >= 0.6 is 0 Å². The summed E-state index contributed by atoms with van der Waals surface area (Å²) in [6, 6.07) is 8.13. The normalized spacial score (nSPS) is 22.9. The predicted molar refractivity (Wildman–Crippen MR) is 103 cm³/mol. The zero-order valence-electron chi connectivity index (χ0n) is 15.9. The van der Waals surface area contributed by atoms with Gasteiger partial charge in [-0.25, -0.2) is 4.79 Å². The second-order valence-electron chi connectivity index (χ2n) is 7.42. The summed E-state index contributed by atoms with van der Waals surface area (Å²) in [4.78, 5) is 27.6. The van der Waals surface area contributed by atoms with Crippen LogP contribution in [0, 0.1) is 5.92 Å². The molecule has 2 fully saturated rings. The largest absolute Gasteiger partial charge is 0.481 e. The second kappa shape index (κ2) is 9.08. The van der Waals surface area contributed by atoms with Crippen LogP contribution in [-0.4, -0.2) is 61.4 Å². The monoisotopic (exact) mass is 375 g/mol. The number of carbonyl (C=O) groups excluding carboxylic acids is 1. The lowest BCUT2D eigenvalue weighted by atomic mass is 9.86. The van der Waals surface area contributed by atoms with E-state index in [0.717, 1.165) is 50.4 Å². The van der Waals surface area contributed by atoms with Gasteiger partial charge < -0.3 is 25.0 Å². The summed E-state index contributed by atoms with van der Waals surface area (Å²) in [5.41, 5.74) is 2.27. The van der Waals surface area contributed by atoms with Crippen LogP contribution in [0.1, 0.15) is 31.2 Å². The number of amides is 2. The summed E-state index contributed by atoms with van der Waals surface area (Å²) in [7, 11) is 1.80. The van der Waals surface area contributed by atoms with Crippen LogP contribution < -0.4 is 10.2 Å². The van der Waals surface area contributed by atoms with Gasteiger partial charge in [0.25, 0.3) is 0 Å². The van der Waals surface area contributed by atoms with Crippen molar-refractivity contribution < 1.29 is 19.4 Å². The summed E-state index contributed by atoms with van der Waals surface area (Å²) >= 11 is 0. The highest BCUT2D eigenvalue weighted by atomic mass is 16.5. The highest BCUT2D eigenvalue weighted by Crippen LogP contribution is 2.25. The minimum absolute atomic E-state index is 0.0602. The first-order chi connectivity index (χ1) is 13.0. The van der Waals surface area contributed by atoms with Crippen molar-refractivity contribution in [2.24, 2.45) is 5.92 Å². The minimum atomic E-state index is -0.725. The molecule has 1 saturated carbocycles. The molecule has 0 spiro atoms. The standard InChI is InChI=1S/C20H29N3O4/c1-22(20(26)21-17-8-6-15(7-9-17)19(24)25)14-16-4-2-3-5-18(16)23-10-12-27-13-11-23/h2-5,15,17H,6-14H2,1H3,(H,21,26)(H,24,25). The Morgan fingerprint density at radius 2 is 1.85 bits per heavy atom. The fourth-order valence-electron chi connectivity index (χ4n) is 3.85. The number of para-hydroxylation sites is 1. The molecule has 7 heteroatoms. The Morgan fingerprint density at radius 3 is 2.52 bits per heavy atom. The highest BCUT2D eigenvalue weighted by Gasteiger charge is 2.27. The first kappa shape index (κ1) is 19.5. The van der Waals surface area contributed by atoms with Crippen molar-refractivity contribution in [1.82, 2.24) is 10.2 Å². The second-order valence-corrected chi connectivity index (χ2v) is 7.42. The number of benzene rings is 1. The van der Waals surface area contributed by atoms with E-state index in [4.69, 9.17) is 9.84 Å². The molecular weight excluding hydrogens is 346 g/mol. The van der Waals surface area contributed by atoms with Crippen molar-refractivity contribution in [3.05, 3.63) is 29.8 Å². The Labute approximate surface area is 160 Å². The molecule has 148 valence electrons. The highest BCUT2D eigenvalue weighted by molar-refractivity contribution is 5.75. The summed E-state index contributed by atoms with van der Waals surface area (Å²) in [6.07, 6.45) is 2.70. The van der Waals surface area contributed by atoms with Crippen molar-refractivity contribution in [3.63, 3.8) is 0 Å². The number of hydrogen-bond acceptors (Lipinski definition) is 4. The minimum Gasteiger partial charge on any atom is -0.481 e. The van der Waals surface area contributed by atoms with Crippen LogP contribution in [0.2, 0.25) is 0 Å². The number of carboxylic acids is 1. The van der Waals surface area contributed by atoms with Gasteiger partial charge in [-0.1, -0.05) is 18.2 Å². The Bertz CT molecular complexity index is 652. The van der Waals surface area contributed by atoms with Crippen molar-refractivity contribution in [2.75, 3.05) is 38.3 Å². The van der Waals surface area contributed by atoms with E-state index in [1.807, 2.05) is 12.1 Å². The number of anilines is 1. The average molecular weight is 375 g/mol. The van der Waals surface area contributed by atoms with Crippen molar-refractivity contribution >= 4 is 17.7 Å². The summed E-state index contributed by atoms with van der Waals surface area (Å²) in [5.74, 6) is -0.993. The molecule has 7 nitrogen and oxygen atoms in total. The maximum atomic E-state index is 12.6. The first-order valence-corrected chi connectivity index (χ1v) is 9.69. The number of nitrogens with one attached hydrogen (secondary N) is 1. The molecular formula is C20H29N3O4. The maximum Gasteiger partial charge on any atom is 0.317 e. The van der Waals surface area contributed by atoms with Crippen LogP contribution in [0.4, 0.5) is 10.5 Å². The Morgan fingerprint density at radius 1 is 1.19 bits per heavy atom. The van der Waals surface area contributed by atoms with E-state index < -0.39 is 5.97 Å². The summed E-state index contributed by atoms with van der Waals surface area (Å²) in [6.45, 7) is 3.71. The number of nitrogens with zero attached hydrogens (tertiary/aromatic N) is 2. The van der Waals surface area contributed by atoms with Crippen LogP contribution in [0.5, 0.6) is 0 Å². The van der Waals surface area contributed by atoms with E-state index >= 15 is 0 Å². The quantitative estimate of drug-likeness (QED) is 0.825. The molecule has 2 N–H and O–H groups in total. The third kappa shape index (κ3) is 5.13. The molecule has 1 aliphatic heterocycles. The molecule has 2 amide bonds. The SMILES string of the molecule is CN(Cc1ccccc1N1CCOCC1)C(=O)NC1CCC(C(=O)O)CC1. The van der Waals surface area contributed by atoms with Crippen molar-refractivity contribution in [3.8, 4) is 0 Å². The van der Waals surface area contributed by atoms with Crippen molar-refractivity contribution in [2.45, 2.75) is 38.3 Å². The van der Waals surface area contributed by atoms with E-state index in [1.165, 1.54) is 0 Å². The number of aliphatic carboxylic acids is 1. The van der Waals surface area contributed by atoms with Gasteiger partial charge in [0, 0.05) is 38.4 Å². The van der Waals surface area contributed by atoms with E-state index in [1.54, 1.807) is 11.9 Å². The first-order valence-electron chi connectivity index (χ1n) is 9.69. The smallest absolute Gasteiger partial charge is 0.317 e.